The second-order valence-corrected chi connectivity index (χ2v) is 10.3. The van der Waals surface area contributed by atoms with E-state index in [1.165, 1.54) is 10.8 Å². The molecule has 1 unspecified atom stereocenters. The first kappa shape index (κ1) is 24.2. The summed E-state index contributed by atoms with van der Waals surface area (Å²) in [5, 5.41) is 3.44. The Morgan fingerprint density at radius 1 is 1.03 bits per heavy atom. The topological polar surface area (TPSA) is 77.2 Å². The average molecular weight is 508 g/mol. The van der Waals surface area contributed by atoms with Crippen molar-refractivity contribution in [2.45, 2.75) is 25.8 Å². The number of amides is 1. The molecule has 7 heteroatoms. The minimum Gasteiger partial charge on any atom is -0.497 e. The lowest BCUT2D eigenvalue weighted by atomic mass is 10.0. The maximum Gasteiger partial charge on any atom is 0.227 e. The van der Waals surface area contributed by atoms with Crippen molar-refractivity contribution in [3.63, 3.8) is 0 Å². The lowest BCUT2D eigenvalue weighted by molar-refractivity contribution is -0.132. The predicted molar refractivity (Wildman–Crippen MR) is 151 cm³/mol. The Morgan fingerprint density at radius 3 is 2.71 bits per heavy atom. The van der Waals surface area contributed by atoms with E-state index in [4.69, 9.17) is 9.72 Å². The standard InChI is InChI=1S/C31H33N5O2/c1-20-25(26-17-24(38-3)10-11-27(26)33-20)18-30(37)36-15-14-35(2)13-12-29(36)31-32-19-28(34-31)23-9-8-21-6-4-5-7-22(21)16-23/h4-11,16-17,19,29,33H,12-15,18H2,1-3H3,(H,32,34). The van der Waals surface area contributed by atoms with Gasteiger partial charge < -0.3 is 24.5 Å². The number of ether oxygens (including phenoxy) is 1. The fourth-order valence-electron chi connectivity index (χ4n) is 5.61. The SMILES string of the molecule is COc1ccc2[nH]c(C)c(CC(=O)N3CCN(C)CCC3c3ncc(-c4ccc5ccccc5c4)[nH]3)c2c1. The molecule has 194 valence electrons. The molecule has 7 nitrogen and oxygen atoms in total. The summed E-state index contributed by atoms with van der Waals surface area (Å²) >= 11 is 0. The van der Waals surface area contributed by atoms with Crippen LogP contribution in [0, 0.1) is 6.92 Å². The summed E-state index contributed by atoms with van der Waals surface area (Å²) in [7, 11) is 3.78. The van der Waals surface area contributed by atoms with Crippen LogP contribution in [0.3, 0.4) is 0 Å². The summed E-state index contributed by atoms with van der Waals surface area (Å²) in [4.78, 5) is 30.0. The van der Waals surface area contributed by atoms with Crippen LogP contribution in [-0.2, 0) is 11.2 Å². The molecule has 1 saturated heterocycles. The number of methoxy groups -OCH3 is 1. The Hall–Kier alpha value is -4.10. The third-order valence-corrected chi connectivity index (χ3v) is 7.83. The first-order valence-corrected chi connectivity index (χ1v) is 13.2. The van der Waals surface area contributed by atoms with Gasteiger partial charge in [0.05, 0.1) is 31.5 Å². The molecule has 2 aromatic heterocycles. The molecule has 1 atom stereocenters. The first-order chi connectivity index (χ1) is 18.5. The number of imidazole rings is 1. The van der Waals surface area contributed by atoms with E-state index in [0.29, 0.717) is 13.0 Å². The van der Waals surface area contributed by atoms with Crippen LogP contribution in [0.4, 0.5) is 0 Å². The van der Waals surface area contributed by atoms with E-state index >= 15 is 0 Å². The number of carbonyl (C=O) groups excluding carboxylic acids is 1. The zero-order valence-corrected chi connectivity index (χ0v) is 22.1. The van der Waals surface area contributed by atoms with Crippen LogP contribution in [0.1, 0.15) is 29.5 Å². The van der Waals surface area contributed by atoms with E-state index in [1.807, 2.05) is 36.2 Å². The number of nitrogens with zero attached hydrogens (tertiary/aromatic N) is 3. The van der Waals surface area contributed by atoms with Crippen molar-refractivity contribution in [1.82, 2.24) is 24.8 Å². The lowest BCUT2D eigenvalue weighted by Gasteiger charge is -2.28. The molecule has 0 aliphatic carbocycles. The second kappa shape index (κ2) is 9.99. The van der Waals surface area contributed by atoms with E-state index < -0.39 is 0 Å². The number of aryl methyl sites for hydroxylation is 1. The second-order valence-electron chi connectivity index (χ2n) is 10.3. The monoisotopic (exact) mass is 507 g/mol. The molecule has 1 aliphatic heterocycles. The molecule has 1 aliphatic rings. The van der Waals surface area contributed by atoms with Crippen LogP contribution in [0.5, 0.6) is 5.75 Å². The number of H-pyrrole nitrogens is 2. The minimum atomic E-state index is -0.110. The molecule has 0 radical (unpaired) electrons. The number of hydrogen-bond acceptors (Lipinski definition) is 4. The number of carbonyl (C=O) groups is 1. The van der Waals surface area contributed by atoms with Gasteiger partial charge in [0.15, 0.2) is 0 Å². The highest BCUT2D eigenvalue weighted by Crippen LogP contribution is 2.31. The summed E-state index contributed by atoms with van der Waals surface area (Å²) in [6, 6.07) is 20.7. The van der Waals surface area contributed by atoms with E-state index in [-0.39, 0.29) is 11.9 Å². The summed E-state index contributed by atoms with van der Waals surface area (Å²) in [6.45, 7) is 4.44. The van der Waals surface area contributed by atoms with Crippen molar-refractivity contribution < 1.29 is 9.53 Å². The Bertz CT molecular complexity index is 1620. The fraction of sp³-hybridized carbons (Fsp3) is 0.290. The molecule has 1 amide bonds. The number of nitrogens with one attached hydrogen (secondary N) is 2. The van der Waals surface area contributed by atoms with E-state index in [2.05, 4.69) is 64.4 Å². The molecular weight excluding hydrogens is 474 g/mol. The summed E-state index contributed by atoms with van der Waals surface area (Å²) in [5.74, 6) is 1.74. The van der Waals surface area contributed by atoms with Crippen LogP contribution in [0.2, 0.25) is 0 Å². The van der Waals surface area contributed by atoms with Gasteiger partial charge in [0, 0.05) is 41.8 Å². The minimum absolute atomic E-state index is 0.110. The van der Waals surface area contributed by atoms with E-state index in [0.717, 1.165) is 64.5 Å². The van der Waals surface area contributed by atoms with Crippen LogP contribution in [-0.4, -0.2) is 64.5 Å². The van der Waals surface area contributed by atoms with Gasteiger partial charge in [-0.3, -0.25) is 4.79 Å². The molecule has 0 bridgehead atoms. The Morgan fingerprint density at radius 2 is 1.87 bits per heavy atom. The molecule has 3 heterocycles. The average Bonchev–Trinajstić information content (AvgIpc) is 3.48. The highest BCUT2D eigenvalue weighted by Gasteiger charge is 2.31. The molecule has 5 aromatic rings. The first-order valence-electron chi connectivity index (χ1n) is 13.2. The van der Waals surface area contributed by atoms with Crippen molar-refractivity contribution >= 4 is 27.6 Å². The normalized spacial score (nSPS) is 16.7. The number of aromatic nitrogens is 3. The lowest BCUT2D eigenvalue weighted by Crippen LogP contribution is -2.38. The molecule has 0 spiro atoms. The maximum atomic E-state index is 13.9. The number of likely N-dealkylation sites (N-methyl/N-ethyl adjacent to an activating group) is 1. The van der Waals surface area contributed by atoms with Gasteiger partial charge in [-0.2, -0.15) is 0 Å². The Balaban J connectivity index is 1.30. The van der Waals surface area contributed by atoms with Crippen LogP contribution >= 0.6 is 0 Å². The number of aromatic amines is 2. The van der Waals surface area contributed by atoms with Gasteiger partial charge in [0.2, 0.25) is 5.91 Å². The van der Waals surface area contributed by atoms with Gasteiger partial charge in [-0.1, -0.05) is 36.4 Å². The van der Waals surface area contributed by atoms with Crippen molar-refractivity contribution in [3.8, 4) is 17.0 Å². The van der Waals surface area contributed by atoms with Crippen LogP contribution < -0.4 is 4.74 Å². The summed E-state index contributed by atoms with van der Waals surface area (Å²) in [5.41, 5.74) is 5.12. The molecule has 0 saturated carbocycles. The number of fused-ring (bicyclic) bond motifs is 2. The van der Waals surface area contributed by atoms with Gasteiger partial charge >= 0.3 is 0 Å². The number of benzene rings is 3. The quantitative estimate of drug-likeness (QED) is 0.330. The molecule has 6 rings (SSSR count). The fourth-order valence-corrected chi connectivity index (χ4v) is 5.61. The maximum absolute atomic E-state index is 13.9. The Kier molecular flexibility index (Phi) is 6.37. The van der Waals surface area contributed by atoms with Gasteiger partial charge in [-0.25, -0.2) is 4.98 Å². The highest BCUT2D eigenvalue weighted by atomic mass is 16.5. The third kappa shape index (κ3) is 4.54. The zero-order valence-electron chi connectivity index (χ0n) is 22.1. The van der Waals surface area contributed by atoms with Gasteiger partial charge in [0.1, 0.15) is 11.6 Å². The van der Waals surface area contributed by atoms with Gasteiger partial charge in [-0.05, 0) is 61.0 Å². The van der Waals surface area contributed by atoms with Gasteiger partial charge in [0.25, 0.3) is 0 Å². The van der Waals surface area contributed by atoms with Crippen molar-refractivity contribution in [2.75, 3.05) is 33.8 Å². The van der Waals surface area contributed by atoms with Crippen molar-refractivity contribution in [2.24, 2.45) is 0 Å². The predicted octanol–water partition coefficient (Wildman–Crippen LogP) is 5.48. The molecule has 1 fully saturated rings. The van der Waals surface area contributed by atoms with E-state index in [9.17, 15) is 4.79 Å². The van der Waals surface area contributed by atoms with Gasteiger partial charge in [-0.15, -0.1) is 0 Å². The third-order valence-electron chi connectivity index (χ3n) is 7.83. The summed E-state index contributed by atoms with van der Waals surface area (Å²) in [6.07, 6.45) is 3.05. The highest BCUT2D eigenvalue weighted by molar-refractivity contribution is 5.91. The molecule has 3 aromatic carbocycles. The molecular formula is C31H33N5O2. The van der Waals surface area contributed by atoms with E-state index in [1.54, 1.807) is 7.11 Å². The van der Waals surface area contributed by atoms with Crippen LogP contribution in [0.15, 0.2) is 66.9 Å². The smallest absolute Gasteiger partial charge is 0.227 e. The zero-order chi connectivity index (χ0) is 26.2. The van der Waals surface area contributed by atoms with Crippen molar-refractivity contribution in [1.29, 1.82) is 0 Å². The Labute approximate surface area is 222 Å². The molecule has 2 N–H and O–H groups in total. The van der Waals surface area contributed by atoms with Crippen molar-refractivity contribution in [3.05, 3.63) is 83.9 Å². The number of hydrogen-bond donors (Lipinski definition) is 2. The number of rotatable bonds is 5. The largest absolute Gasteiger partial charge is 0.497 e. The summed E-state index contributed by atoms with van der Waals surface area (Å²) < 4.78 is 5.45. The molecule has 38 heavy (non-hydrogen) atoms. The van der Waals surface area contributed by atoms with Crippen LogP contribution in [0.25, 0.3) is 32.9 Å².